The van der Waals surface area contributed by atoms with Crippen molar-refractivity contribution in [3.05, 3.63) is 24.0 Å². The second-order valence-corrected chi connectivity index (χ2v) is 5.17. The first-order chi connectivity index (χ1) is 8.88. The number of benzene rings is 1. The zero-order valence-corrected chi connectivity index (χ0v) is 11.5. The van der Waals surface area contributed by atoms with Crippen molar-refractivity contribution >= 4 is 29.4 Å². The molecule has 19 heavy (non-hydrogen) atoms. The van der Waals surface area contributed by atoms with Gasteiger partial charge in [0, 0.05) is 16.6 Å². The third kappa shape index (κ3) is 5.60. The van der Waals surface area contributed by atoms with Crippen LogP contribution in [0.5, 0.6) is 0 Å². The number of carbonyl (C=O) groups is 2. The molecule has 0 fully saturated rings. The maximum absolute atomic E-state index is 13.4. The molecule has 1 aromatic rings. The van der Waals surface area contributed by atoms with E-state index in [0.717, 1.165) is 11.8 Å². The number of halogens is 1. The van der Waals surface area contributed by atoms with E-state index in [1.165, 1.54) is 12.1 Å². The predicted octanol–water partition coefficient (Wildman–Crippen LogP) is 1.73. The lowest BCUT2D eigenvalue weighted by molar-refractivity contribution is -0.117. The topological polar surface area (TPSA) is 84.2 Å². The smallest absolute Gasteiger partial charge is 0.321 e. The van der Waals surface area contributed by atoms with Gasteiger partial charge in [0.15, 0.2) is 0 Å². The molecule has 0 atom stereocenters. The molecular weight excluding hydrogens is 269 g/mol. The molecule has 0 unspecified atom stereocenters. The summed E-state index contributed by atoms with van der Waals surface area (Å²) in [5.41, 5.74) is 5.74. The second kappa shape index (κ2) is 6.98. The summed E-state index contributed by atoms with van der Waals surface area (Å²) in [5, 5.41) is 4.68. The summed E-state index contributed by atoms with van der Waals surface area (Å²) in [6.07, 6.45) is 0. The van der Waals surface area contributed by atoms with E-state index < -0.39 is 17.8 Å². The first kappa shape index (κ1) is 15.3. The van der Waals surface area contributed by atoms with E-state index >= 15 is 0 Å². The molecule has 0 spiro atoms. The van der Waals surface area contributed by atoms with Crippen LogP contribution in [0.1, 0.15) is 13.8 Å². The van der Waals surface area contributed by atoms with Crippen LogP contribution in [0.25, 0.3) is 0 Å². The number of carbonyl (C=O) groups excluding carboxylic acids is 2. The van der Waals surface area contributed by atoms with Crippen molar-refractivity contribution in [2.75, 3.05) is 11.5 Å². The van der Waals surface area contributed by atoms with E-state index in [1.54, 1.807) is 19.9 Å². The fraction of sp³-hybridized carbons (Fsp3) is 0.333. The Morgan fingerprint density at radius 1 is 1.42 bits per heavy atom. The lowest BCUT2D eigenvalue weighted by Crippen LogP contribution is -2.43. The number of hydrogen-bond donors (Lipinski definition) is 3. The number of thioether (sulfide) groups is 1. The molecule has 1 rings (SSSR count). The molecule has 1 aromatic carbocycles. The van der Waals surface area contributed by atoms with Gasteiger partial charge in [-0.1, -0.05) is 0 Å². The second-order valence-electron chi connectivity index (χ2n) is 4.15. The maximum atomic E-state index is 13.4. The van der Waals surface area contributed by atoms with Crippen molar-refractivity contribution in [1.29, 1.82) is 0 Å². The van der Waals surface area contributed by atoms with E-state index in [1.807, 2.05) is 0 Å². The minimum Gasteiger partial charge on any atom is -0.399 e. The van der Waals surface area contributed by atoms with Gasteiger partial charge >= 0.3 is 6.03 Å². The van der Waals surface area contributed by atoms with Crippen LogP contribution in [-0.2, 0) is 4.79 Å². The first-order valence-corrected chi connectivity index (χ1v) is 6.65. The van der Waals surface area contributed by atoms with Crippen molar-refractivity contribution < 1.29 is 14.0 Å². The Balaban J connectivity index is 2.44. The minimum atomic E-state index is -0.557. The van der Waals surface area contributed by atoms with E-state index in [2.05, 4.69) is 10.6 Å². The largest absolute Gasteiger partial charge is 0.399 e. The zero-order valence-electron chi connectivity index (χ0n) is 10.7. The lowest BCUT2D eigenvalue weighted by atomic mass is 10.3. The Morgan fingerprint density at radius 3 is 2.68 bits per heavy atom. The highest BCUT2D eigenvalue weighted by molar-refractivity contribution is 8.00. The quantitative estimate of drug-likeness (QED) is 0.581. The average molecular weight is 285 g/mol. The van der Waals surface area contributed by atoms with Gasteiger partial charge in [-0.2, -0.15) is 0 Å². The number of hydrogen-bond acceptors (Lipinski definition) is 4. The summed E-state index contributed by atoms with van der Waals surface area (Å²) < 4.78 is 13.4. The zero-order chi connectivity index (χ0) is 14.4. The molecule has 5 nitrogen and oxygen atoms in total. The van der Waals surface area contributed by atoms with Crippen LogP contribution >= 0.6 is 11.8 Å². The van der Waals surface area contributed by atoms with E-state index in [9.17, 15) is 14.0 Å². The molecule has 0 aliphatic heterocycles. The summed E-state index contributed by atoms with van der Waals surface area (Å²) in [4.78, 5) is 23.0. The molecule has 4 N–H and O–H groups in total. The SMILES string of the molecule is CC(C)NC(=O)NC(=O)CSc1ccc(N)cc1F. The fourth-order valence-electron chi connectivity index (χ4n) is 1.24. The summed E-state index contributed by atoms with van der Waals surface area (Å²) in [6.45, 7) is 3.56. The summed E-state index contributed by atoms with van der Waals surface area (Å²) >= 11 is 1.00. The van der Waals surface area contributed by atoms with Gasteiger partial charge in [-0.25, -0.2) is 9.18 Å². The maximum Gasteiger partial charge on any atom is 0.321 e. The van der Waals surface area contributed by atoms with Crippen LogP contribution in [-0.4, -0.2) is 23.7 Å². The van der Waals surface area contributed by atoms with Crippen molar-refractivity contribution in [3.8, 4) is 0 Å². The number of amides is 3. The minimum absolute atomic E-state index is 0.0493. The van der Waals surface area contributed by atoms with Crippen LogP contribution < -0.4 is 16.4 Å². The van der Waals surface area contributed by atoms with E-state index in [-0.39, 0.29) is 11.8 Å². The highest BCUT2D eigenvalue weighted by Gasteiger charge is 2.10. The van der Waals surface area contributed by atoms with Gasteiger partial charge < -0.3 is 11.1 Å². The molecule has 104 valence electrons. The first-order valence-electron chi connectivity index (χ1n) is 5.66. The molecule has 0 aliphatic carbocycles. The van der Waals surface area contributed by atoms with E-state index in [0.29, 0.717) is 10.6 Å². The van der Waals surface area contributed by atoms with Crippen molar-refractivity contribution in [3.63, 3.8) is 0 Å². The average Bonchev–Trinajstić information content (AvgIpc) is 2.26. The Bertz CT molecular complexity index is 480. The highest BCUT2D eigenvalue weighted by Crippen LogP contribution is 2.23. The Hall–Kier alpha value is -1.76. The van der Waals surface area contributed by atoms with Crippen LogP contribution in [0.3, 0.4) is 0 Å². The number of nitrogens with two attached hydrogens (primary N) is 1. The molecule has 0 radical (unpaired) electrons. The van der Waals surface area contributed by atoms with Crippen LogP contribution in [0.15, 0.2) is 23.1 Å². The molecule has 0 heterocycles. The number of imide groups is 1. The van der Waals surface area contributed by atoms with Gasteiger partial charge in [0.2, 0.25) is 5.91 Å². The lowest BCUT2D eigenvalue weighted by Gasteiger charge is -2.09. The Morgan fingerprint density at radius 2 is 2.11 bits per heavy atom. The van der Waals surface area contributed by atoms with Gasteiger partial charge in [-0.05, 0) is 32.0 Å². The molecule has 3 amide bonds. The van der Waals surface area contributed by atoms with Crippen molar-refractivity contribution in [1.82, 2.24) is 10.6 Å². The monoisotopic (exact) mass is 285 g/mol. The van der Waals surface area contributed by atoms with Gasteiger partial charge in [0.25, 0.3) is 0 Å². The van der Waals surface area contributed by atoms with E-state index in [4.69, 9.17) is 5.73 Å². The molecule has 0 saturated heterocycles. The normalized spacial score (nSPS) is 10.3. The third-order valence-electron chi connectivity index (χ3n) is 1.99. The number of rotatable bonds is 4. The van der Waals surface area contributed by atoms with Crippen LogP contribution in [0.2, 0.25) is 0 Å². The van der Waals surface area contributed by atoms with Gasteiger partial charge in [-0.15, -0.1) is 11.8 Å². The summed E-state index contributed by atoms with van der Waals surface area (Å²) in [7, 11) is 0. The van der Waals surface area contributed by atoms with Crippen LogP contribution in [0.4, 0.5) is 14.9 Å². The van der Waals surface area contributed by atoms with Crippen molar-refractivity contribution in [2.24, 2.45) is 0 Å². The van der Waals surface area contributed by atoms with Gasteiger partial charge in [0.1, 0.15) is 5.82 Å². The van der Waals surface area contributed by atoms with Crippen LogP contribution in [0, 0.1) is 5.82 Å². The Kier molecular flexibility index (Phi) is 5.62. The van der Waals surface area contributed by atoms with Gasteiger partial charge in [0.05, 0.1) is 5.75 Å². The molecule has 0 bridgehead atoms. The Labute approximate surface area is 115 Å². The highest BCUT2D eigenvalue weighted by atomic mass is 32.2. The number of anilines is 1. The number of urea groups is 1. The molecular formula is C12H16FN3O2S. The van der Waals surface area contributed by atoms with Gasteiger partial charge in [-0.3, -0.25) is 10.1 Å². The number of nitrogen functional groups attached to an aromatic ring is 1. The molecule has 0 aromatic heterocycles. The molecule has 7 heteroatoms. The summed E-state index contributed by atoms with van der Waals surface area (Å²) in [5.74, 6) is -1.02. The number of nitrogens with one attached hydrogen (secondary N) is 2. The summed E-state index contributed by atoms with van der Waals surface area (Å²) in [6, 6.07) is 3.62. The molecule has 0 saturated carbocycles. The standard InChI is InChI=1S/C12H16FN3O2S/c1-7(2)15-12(18)16-11(17)6-19-10-4-3-8(14)5-9(10)13/h3-5,7H,6,14H2,1-2H3,(H2,15,16,17,18). The predicted molar refractivity (Wildman–Crippen MR) is 73.3 cm³/mol. The fourth-order valence-corrected chi connectivity index (χ4v) is 1.96. The molecule has 0 aliphatic rings. The third-order valence-corrected chi connectivity index (χ3v) is 3.04. The van der Waals surface area contributed by atoms with Crippen molar-refractivity contribution in [2.45, 2.75) is 24.8 Å².